The maximum absolute atomic E-state index is 10.8. The van der Waals surface area contributed by atoms with Gasteiger partial charge in [-0.1, -0.05) is 32.9 Å². The van der Waals surface area contributed by atoms with Crippen molar-refractivity contribution in [2.75, 3.05) is 7.11 Å². The van der Waals surface area contributed by atoms with E-state index in [0.29, 0.717) is 6.42 Å². The minimum absolute atomic E-state index is 0.227. The van der Waals surface area contributed by atoms with Crippen LogP contribution in [-0.4, -0.2) is 19.1 Å². The van der Waals surface area contributed by atoms with Gasteiger partial charge in [0.2, 0.25) is 5.91 Å². The fourth-order valence-electron chi connectivity index (χ4n) is 1.23. The molecule has 0 unspecified atom stereocenters. The van der Waals surface area contributed by atoms with E-state index < -0.39 is 6.10 Å². The maximum Gasteiger partial charge on any atom is 0.246 e. The van der Waals surface area contributed by atoms with E-state index in [1.165, 1.54) is 7.11 Å². The van der Waals surface area contributed by atoms with Gasteiger partial charge in [-0.15, -0.1) is 0 Å². The molecule has 0 saturated carbocycles. The van der Waals surface area contributed by atoms with Crippen molar-refractivity contribution in [3.05, 3.63) is 12.2 Å². The van der Waals surface area contributed by atoms with Crippen molar-refractivity contribution in [1.29, 1.82) is 0 Å². The molecule has 0 aromatic carbocycles. The Morgan fingerprint density at radius 1 is 1.47 bits per heavy atom. The second-order valence-electron chi connectivity index (χ2n) is 4.83. The van der Waals surface area contributed by atoms with Gasteiger partial charge >= 0.3 is 0 Å². The van der Waals surface area contributed by atoms with Crippen LogP contribution in [0.4, 0.5) is 0 Å². The van der Waals surface area contributed by atoms with Crippen molar-refractivity contribution in [2.24, 2.45) is 11.1 Å². The fraction of sp³-hybridized carbons (Fsp3) is 0.750. The van der Waals surface area contributed by atoms with Crippen LogP contribution >= 0.6 is 0 Å². The second-order valence-corrected chi connectivity index (χ2v) is 4.83. The number of nitrogens with two attached hydrogens (primary N) is 1. The number of carbonyl (C=O) groups is 1. The fourth-order valence-corrected chi connectivity index (χ4v) is 1.23. The zero-order valence-corrected chi connectivity index (χ0v) is 10.2. The van der Waals surface area contributed by atoms with Crippen molar-refractivity contribution in [3.8, 4) is 0 Å². The van der Waals surface area contributed by atoms with E-state index in [9.17, 15) is 4.79 Å². The molecule has 1 amide bonds. The Bertz CT molecular complexity index is 216. The highest BCUT2D eigenvalue weighted by Gasteiger charge is 2.12. The molecule has 0 fully saturated rings. The van der Waals surface area contributed by atoms with Crippen molar-refractivity contribution >= 4 is 5.91 Å². The molecule has 0 radical (unpaired) electrons. The summed E-state index contributed by atoms with van der Waals surface area (Å²) < 4.78 is 4.96. The second kappa shape index (κ2) is 6.62. The van der Waals surface area contributed by atoms with Crippen molar-refractivity contribution in [2.45, 2.75) is 46.1 Å². The summed E-state index contributed by atoms with van der Waals surface area (Å²) in [6.07, 6.45) is 6.47. The van der Waals surface area contributed by atoms with Crippen molar-refractivity contribution < 1.29 is 9.53 Å². The highest BCUT2D eigenvalue weighted by Crippen LogP contribution is 2.15. The number of methoxy groups -OCH3 is 1. The predicted octanol–water partition coefficient (Wildman–Crippen LogP) is 2.26. The molecule has 15 heavy (non-hydrogen) atoms. The molecule has 1 atom stereocenters. The highest BCUT2D eigenvalue weighted by molar-refractivity contribution is 5.78. The van der Waals surface area contributed by atoms with E-state index in [4.69, 9.17) is 10.5 Å². The summed E-state index contributed by atoms with van der Waals surface area (Å²) in [4.78, 5) is 10.8. The third-order valence-corrected chi connectivity index (χ3v) is 2.06. The van der Waals surface area contributed by atoms with Gasteiger partial charge in [0.25, 0.3) is 0 Å². The van der Waals surface area contributed by atoms with E-state index >= 15 is 0 Å². The molecule has 3 heteroatoms. The average Bonchev–Trinajstić information content (AvgIpc) is 2.08. The summed E-state index contributed by atoms with van der Waals surface area (Å²) in [6, 6.07) is 0. The van der Waals surface area contributed by atoms with Crippen LogP contribution in [0.25, 0.3) is 0 Å². The minimum atomic E-state index is -0.437. The smallest absolute Gasteiger partial charge is 0.246 e. The molecular weight excluding hydrogens is 190 g/mol. The van der Waals surface area contributed by atoms with Crippen LogP contribution in [0, 0.1) is 5.41 Å². The first-order chi connectivity index (χ1) is 6.87. The summed E-state index contributed by atoms with van der Waals surface area (Å²) in [5.41, 5.74) is 5.38. The molecule has 0 aromatic rings. The first kappa shape index (κ1) is 14.2. The predicted molar refractivity (Wildman–Crippen MR) is 62.4 cm³/mol. The van der Waals surface area contributed by atoms with E-state index in [2.05, 4.69) is 32.9 Å². The molecule has 2 N–H and O–H groups in total. The quantitative estimate of drug-likeness (QED) is 0.543. The summed E-state index contributed by atoms with van der Waals surface area (Å²) in [6.45, 7) is 6.47. The van der Waals surface area contributed by atoms with Gasteiger partial charge in [-0.25, -0.2) is 0 Å². The number of carbonyl (C=O) groups excluding carboxylic acids is 1. The number of hydrogen-bond acceptors (Lipinski definition) is 2. The number of hydrogen-bond donors (Lipinski definition) is 1. The number of ether oxygens (including phenoxy) is 1. The Labute approximate surface area is 92.7 Å². The zero-order chi connectivity index (χ0) is 11.9. The standard InChI is InChI=1S/C12H23NO2/c1-12(2,3)9-7-5-6-8-10(15-4)11(13)14/h7,9-10H,5-6,8H2,1-4H3,(H2,13,14)/b9-7+/t10-/m1/s1. The molecule has 0 aliphatic carbocycles. The van der Waals surface area contributed by atoms with Gasteiger partial charge in [0.15, 0.2) is 0 Å². The van der Waals surface area contributed by atoms with Gasteiger partial charge in [-0.05, 0) is 24.7 Å². The van der Waals surface area contributed by atoms with Gasteiger partial charge < -0.3 is 10.5 Å². The van der Waals surface area contributed by atoms with Crippen molar-refractivity contribution in [3.63, 3.8) is 0 Å². The topological polar surface area (TPSA) is 52.3 Å². The molecule has 0 aliphatic rings. The molecule has 88 valence electrons. The lowest BCUT2D eigenvalue weighted by atomic mass is 9.95. The van der Waals surface area contributed by atoms with Crippen LogP contribution in [0.5, 0.6) is 0 Å². The monoisotopic (exact) mass is 213 g/mol. The number of allylic oxidation sites excluding steroid dienone is 2. The summed E-state index contributed by atoms with van der Waals surface area (Å²) in [5, 5.41) is 0. The normalized spacial score (nSPS) is 14.4. The Balaban J connectivity index is 3.71. The Kier molecular flexibility index (Phi) is 6.25. The van der Waals surface area contributed by atoms with Crippen LogP contribution < -0.4 is 5.73 Å². The van der Waals surface area contributed by atoms with Crippen molar-refractivity contribution in [1.82, 2.24) is 0 Å². The molecule has 0 aliphatic heterocycles. The molecular formula is C12H23NO2. The van der Waals surface area contributed by atoms with Gasteiger partial charge in [0, 0.05) is 7.11 Å². The Morgan fingerprint density at radius 2 is 2.07 bits per heavy atom. The van der Waals surface area contributed by atoms with Gasteiger partial charge in [0.1, 0.15) is 6.10 Å². The summed E-state index contributed by atoms with van der Waals surface area (Å²) >= 11 is 0. The minimum Gasteiger partial charge on any atom is -0.372 e. The van der Waals surface area contributed by atoms with E-state index in [1.54, 1.807) is 0 Å². The van der Waals surface area contributed by atoms with Crippen LogP contribution in [0.15, 0.2) is 12.2 Å². The van der Waals surface area contributed by atoms with E-state index in [0.717, 1.165) is 12.8 Å². The lowest BCUT2D eigenvalue weighted by Crippen LogP contribution is -2.29. The largest absolute Gasteiger partial charge is 0.372 e. The zero-order valence-electron chi connectivity index (χ0n) is 10.2. The van der Waals surface area contributed by atoms with E-state index in [1.807, 2.05) is 0 Å². The van der Waals surface area contributed by atoms with Crippen LogP contribution in [-0.2, 0) is 9.53 Å². The average molecular weight is 213 g/mol. The van der Waals surface area contributed by atoms with Crippen LogP contribution in [0.1, 0.15) is 40.0 Å². The first-order valence-corrected chi connectivity index (χ1v) is 5.36. The van der Waals surface area contributed by atoms with E-state index in [-0.39, 0.29) is 11.3 Å². The number of amides is 1. The number of primary amides is 1. The van der Waals surface area contributed by atoms with Crippen LogP contribution in [0.3, 0.4) is 0 Å². The molecule has 3 nitrogen and oxygen atoms in total. The molecule has 0 aromatic heterocycles. The number of rotatable bonds is 6. The third-order valence-electron chi connectivity index (χ3n) is 2.06. The van der Waals surface area contributed by atoms with Gasteiger partial charge in [0.05, 0.1) is 0 Å². The highest BCUT2D eigenvalue weighted by atomic mass is 16.5. The first-order valence-electron chi connectivity index (χ1n) is 5.36. The van der Waals surface area contributed by atoms with Gasteiger partial charge in [-0.3, -0.25) is 4.79 Å². The third kappa shape index (κ3) is 8.18. The molecule has 0 bridgehead atoms. The Morgan fingerprint density at radius 3 is 2.47 bits per heavy atom. The Hall–Kier alpha value is -0.830. The summed E-state index contributed by atoms with van der Waals surface area (Å²) in [7, 11) is 1.51. The lowest BCUT2D eigenvalue weighted by molar-refractivity contribution is -0.128. The molecule has 0 heterocycles. The molecule has 0 rings (SSSR count). The summed E-state index contributed by atoms with van der Waals surface area (Å²) in [5.74, 6) is -0.377. The van der Waals surface area contributed by atoms with Gasteiger partial charge in [-0.2, -0.15) is 0 Å². The SMILES string of the molecule is CO[C@H](CCC/C=C/C(C)(C)C)C(N)=O. The van der Waals surface area contributed by atoms with Crippen LogP contribution in [0.2, 0.25) is 0 Å². The maximum atomic E-state index is 10.8. The lowest BCUT2D eigenvalue weighted by Gasteiger charge is -2.12. The molecule has 0 saturated heterocycles. The molecule has 0 spiro atoms. The number of unbranched alkanes of at least 4 members (excludes halogenated alkanes) is 1.